The molecule has 0 fully saturated rings. The first kappa shape index (κ1) is 22.6. The van der Waals surface area contributed by atoms with Crippen molar-refractivity contribution < 1.29 is 28.7 Å². The summed E-state index contributed by atoms with van der Waals surface area (Å²) in [5.74, 6) is 2.00. The van der Waals surface area contributed by atoms with Gasteiger partial charge in [-0.15, -0.1) is 0 Å². The molecule has 1 N–H and O–H groups in total. The van der Waals surface area contributed by atoms with E-state index in [-0.39, 0.29) is 31.4 Å². The number of hydrogen-bond acceptors (Lipinski definition) is 8. The van der Waals surface area contributed by atoms with E-state index in [1.54, 1.807) is 48.5 Å². The summed E-state index contributed by atoms with van der Waals surface area (Å²) in [5.41, 5.74) is 4.78. The zero-order chi connectivity index (χ0) is 23.9. The van der Waals surface area contributed by atoms with Crippen molar-refractivity contribution in [2.24, 2.45) is 5.10 Å². The quantitative estimate of drug-likeness (QED) is 0.292. The number of fused-ring (bicyclic) bond motifs is 1. The van der Waals surface area contributed by atoms with E-state index in [0.29, 0.717) is 28.6 Å². The number of methoxy groups -OCH3 is 1. The smallest absolute Gasteiger partial charge is 0.269 e. The van der Waals surface area contributed by atoms with Gasteiger partial charge in [0.05, 0.1) is 24.7 Å². The van der Waals surface area contributed by atoms with Gasteiger partial charge in [0.25, 0.3) is 5.69 Å². The average Bonchev–Trinajstić information content (AvgIpc) is 3.31. The molecule has 0 spiro atoms. The van der Waals surface area contributed by atoms with Gasteiger partial charge in [-0.25, -0.2) is 5.43 Å². The molecule has 0 atom stereocenters. The number of nitro groups is 1. The monoisotopic (exact) mass is 463 g/mol. The summed E-state index contributed by atoms with van der Waals surface area (Å²) < 4.78 is 21.7. The van der Waals surface area contributed by atoms with Crippen LogP contribution in [0, 0.1) is 10.1 Å². The van der Waals surface area contributed by atoms with Crippen molar-refractivity contribution in [2.75, 3.05) is 13.9 Å². The Bertz CT molecular complexity index is 1230. The number of carbonyl (C=O) groups is 1. The van der Waals surface area contributed by atoms with Gasteiger partial charge in [0, 0.05) is 12.1 Å². The van der Waals surface area contributed by atoms with E-state index in [1.807, 2.05) is 0 Å². The Morgan fingerprint density at radius 1 is 1.06 bits per heavy atom. The first-order valence-corrected chi connectivity index (χ1v) is 10.3. The van der Waals surface area contributed by atoms with Crippen LogP contribution in [0.2, 0.25) is 0 Å². The van der Waals surface area contributed by atoms with E-state index < -0.39 is 4.92 Å². The molecule has 1 heterocycles. The molecular formula is C24H21N3O7. The number of nitrogens with zero attached hydrogens (tertiary/aromatic N) is 2. The second-order valence-electron chi connectivity index (χ2n) is 7.28. The van der Waals surface area contributed by atoms with Crippen LogP contribution in [-0.2, 0) is 17.8 Å². The number of benzene rings is 3. The van der Waals surface area contributed by atoms with E-state index >= 15 is 0 Å². The highest BCUT2D eigenvalue weighted by atomic mass is 16.7. The lowest BCUT2D eigenvalue weighted by molar-refractivity contribution is -0.384. The third kappa shape index (κ3) is 5.60. The van der Waals surface area contributed by atoms with Crippen molar-refractivity contribution in [3.05, 3.63) is 87.5 Å². The summed E-state index contributed by atoms with van der Waals surface area (Å²) in [5, 5.41) is 14.8. The van der Waals surface area contributed by atoms with Crippen LogP contribution >= 0.6 is 0 Å². The van der Waals surface area contributed by atoms with Gasteiger partial charge in [-0.3, -0.25) is 14.9 Å². The number of nitro benzene ring substituents is 1. The predicted molar refractivity (Wildman–Crippen MR) is 122 cm³/mol. The minimum Gasteiger partial charge on any atom is -0.493 e. The van der Waals surface area contributed by atoms with Crippen LogP contribution in [0.15, 0.2) is 65.8 Å². The van der Waals surface area contributed by atoms with Gasteiger partial charge >= 0.3 is 0 Å². The summed E-state index contributed by atoms with van der Waals surface area (Å²) in [6.07, 6.45) is 1.65. The maximum absolute atomic E-state index is 12.2. The zero-order valence-electron chi connectivity index (χ0n) is 18.2. The molecular weight excluding hydrogens is 442 g/mol. The highest BCUT2D eigenvalue weighted by Gasteiger charge is 2.14. The number of ether oxygens (including phenoxy) is 4. The molecule has 0 unspecified atom stereocenters. The molecule has 3 aromatic carbocycles. The second kappa shape index (κ2) is 10.3. The van der Waals surface area contributed by atoms with Crippen LogP contribution < -0.4 is 24.4 Å². The molecule has 1 amide bonds. The first-order valence-electron chi connectivity index (χ1n) is 10.3. The van der Waals surface area contributed by atoms with E-state index in [2.05, 4.69) is 10.5 Å². The number of hydrazone groups is 1. The van der Waals surface area contributed by atoms with Crippen molar-refractivity contribution in [1.82, 2.24) is 5.43 Å². The zero-order valence-corrected chi connectivity index (χ0v) is 18.2. The fraction of sp³-hybridized carbons (Fsp3) is 0.167. The largest absolute Gasteiger partial charge is 0.493 e. The van der Waals surface area contributed by atoms with Gasteiger partial charge in [-0.2, -0.15) is 5.10 Å². The molecule has 10 nitrogen and oxygen atoms in total. The van der Waals surface area contributed by atoms with Crippen LogP contribution in [0.3, 0.4) is 0 Å². The molecule has 174 valence electrons. The van der Waals surface area contributed by atoms with Gasteiger partial charge in [-0.05, 0) is 59.2 Å². The van der Waals surface area contributed by atoms with Gasteiger partial charge in [-0.1, -0.05) is 6.07 Å². The topological polar surface area (TPSA) is 122 Å². The number of nitrogens with one attached hydrogen (secondary N) is 1. The first-order chi connectivity index (χ1) is 16.5. The fourth-order valence-corrected chi connectivity index (χ4v) is 3.21. The van der Waals surface area contributed by atoms with E-state index in [0.717, 1.165) is 11.1 Å². The Labute approximate surface area is 194 Å². The molecule has 1 aliphatic rings. The Kier molecular flexibility index (Phi) is 6.87. The minimum atomic E-state index is -0.451. The van der Waals surface area contributed by atoms with Gasteiger partial charge in [0.2, 0.25) is 12.7 Å². The van der Waals surface area contributed by atoms with Crippen LogP contribution in [0.1, 0.15) is 16.7 Å². The maximum atomic E-state index is 12.2. The number of carbonyl (C=O) groups excluding carboxylic acids is 1. The Morgan fingerprint density at radius 2 is 1.82 bits per heavy atom. The van der Waals surface area contributed by atoms with E-state index in [1.165, 1.54) is 25.5 Å². The van der Waals surface area contributed by atoms with Crippen LogP contribution in [-0.4, -0.2) is 30.9 Å². The molecule has 0 radical (unpaired) electrons. The third-order valence-electron chi connectivity index (χ3n) is 4.93. The van der Waals surface area contributed by atoms with Gasteiger partial charge in [0.1, 0.15) is 6.61 Å². The van der Waals surface area contributed by atoms with Crippen molar-refractivity contribution in [3.63, 3.8) is 0 Å². The molecule has 34 heavy (non-hydrogen) atoms. The fourth-order valence-electron chi connectivity index (χ4n) is 3.21. The van der Waals surface area contributed by atoms with Gasteiger partial charge < -0.3 is 18.9 Å². The number of hydrogen-bond donors (Lipinski definition) is 1. The van der Waals surface area contributed by atoms with E-state index in [4.69, 9.17) is 18.9 Å². The van der Waals surface area contributed by atoms with Crippen molar-refractivity contribution >= 4 is 17.8 Å². The van der Waals surface area contributed by atoms with Crippen LogP contribution in [0.25, 0.3) is 0 Å². The lowest BCUT2D eigenvalue weighted by Crippen LogP contribution is -2.19. The Morgan fingerprint density at radius 3 is 2.59 bits per heavy atom. The van der Waals surface area contributed by atoms with E-state index in [9.17, 15) is 14.9 Å². The number of non-ortho nitro benzene ring substituents is 1. The maximum Gasteiger partial charge on any atom is 0.269 e. The van der Waals surface area contributed by atoms with Crippen LogP contribution in [0.5, 0.6) is 23.0 Å². The molecule has 1 aliphatic heterocycles. The normalized spacial score (nSPS) is 11.9. The summed E-state index contributed by atoms with van der Waals surface area (Å²) in [4.78, 5) is 22.5. The SMILES string of the molecule is COc1cc(/C=N\NC(=O)Cc2ccc3c(c2)OCO3)ccc1OCc1ccc([N+](=O)[O-])cc1. The molecule has 3 aromatic rings. The summed E-state index contributed by atoms with van der Waals surface area (Å²) >= 11 is 0. The molecule has 0 saturated carbocycles. The highest BCUT2D eigenvalue weighted by Crippen LogP contribution is 2.32. The molecule has 0 saturated heterocycles. The highest BCUT2D eigenvalue weighted by molar-refractivity contribution is 5.84. The molecule has 0 aliphatic carbocycles. The number of amides is 1. The predicted octanol–water partition coefficient (Wildman–Crippen LogP) is 3.60. The summed E-state index contributed by atoms with van der Waals surface area (Å²) in [6, 6.07) is 16.7. The lowest BCUT2D eigenvalue weighted by Gasteiger charge is -2.11. The minimum absolute atomic E-state index is 0.0213. The summed E-state index contributed by atoms with van der Waals surface area (Å²) in [6.45, 7) is 0.400. The average molecular weight is 463 g/mol. The second-order valence-corrected chi connectivity index (χ2v) is 7.28. The lowest BCUT2D eigenvalue weighted by atomic mass is 10.1. The summed E-state index contributed by atoms with van der Waals surface area (Å²) in [7, 11) is 1.52. The van der Waals surface area contributed by atoms with Crippen molar-refractivity contribution in [2.45, 2.75) is 13.0 Å². The van der Waals surface area contributed by atoms with Gasteiger partial charge in [0.15, 0.2) is 23.0 Å². The van der Waals surface area contributed by atoms with Crippen molar-refractivity contribution in [1.29, 1.82) is 0 Å². The molecule has 4 rings (SSSR count). The molecule has 0 aromatic heterocycles. The van der Waals surface area contributed by atoms with Crippen molar-refractivity contribution in [3.8, 4) is 23.0 Å². The third-order valence-corrected chi connectivity index (χ3v) is 4.93. The van der Waals surface area contributed by atoms with Crippen LogP contribution in [0.4, 0.5) is 5.69 Å². The molecule has 0 bridgehead atoms. The Hall–Kier alpha value is -4.60. The number of rotatable bonds is 9. The molecule has 10 heteroatoms. The Balaban J connectivity index is 1.31. The standard InChI is InChI=1S/C24H21N3O7/c1-31-22-11-18(5-9-20(22)32-14-16-2-6-19(7-3-16)27(29)30)13-25-26-24(28)12-17-4-8-21-23(10-17)34-15-33-21/h2-11,13H,12,14-15H2,1H3,(H,26,28)/b25-13-.